The van der Waals surface area contributed by atoms with E-state index in [2.05, 4.69) is 20.5 Å². The first kappa shape index (κ1) is 21.0. The molecule has 0 N–H and O–H groups in total. The molecule has 1 amide bonds. The molecule has 0 spiro atoms. The van der Waals surface area contributed by atoms with Crippen LogP contribution in [0.5, 0.6) is 0 Å². The van der Waals surface area contributed by atoms with Crippen LogP contribution in [-0.4, -0.2) is 58.2 Å². The van der Waals surface area contributed by atoms with Crippen LogP contribution in [0.1, 0.15) is 42.5 Å². The van der Waals surface area contributed by atoms with Crippen LogP contribution in [0, 0.1) is 29.1 Å². The van der Waals surface area contributed by atoms with Gasteiger partial charge in [-0.15, -0.1) is 0 Å². The fourth-order valence-electron chi connectivity index (χ4n) is 5.67. The number of benzene rings is 1. The van der Waals surface area contributed by atoms with Gasteiger partial charge in [-0.25, -0.2) is 9.78 Å². The largest absolute Gasteiger partial charge is 0.449 e. The number of hydrogen-bond acceptors (Lipinski definition) is 5. The van der Waals surface area contributed by atoms with E-state index < -0.39 is 0 Å². The third-order valence-electron chi connectivity index (χ3n) is 7.56. The van der Waals surface area contributed by atoms with Gasteiger partial charge in [0.15, 0.2) is 0 Å². The number of ether oxygens (including phenoxy) is 1. The van der Waals surface area contributed by atoms with Crippen LogP contribution in [0.4, 0.5) is 4.79 Å². The predicted octanol–water partition coefficient (Wildman–Crippen LogP) is 3.49. The summed E-state index contributed by atoms with van der Waals surface area (Å²) in [5.41, 5.74) is 2.97. The van der Waals surface area contributed by atoms with E-state index in [0.717, 1.165) is 49.3 Å². The first-order valence-electron chi connectivity index (χ1n) is 11.8. The number of imidazole rings is 1. The number of nitrogens with zero attached hydrogens (tertiary/aromatic N) is 5. The first-order chi connectivity index (χ1) is 15.7. The number of rotatable bonds is 6. The average molecular weight is 434 g/mol. The molecule has 5 rings (SSSR count). The Balaban J connectivity index is 1.08. The smallest absolute Gasteiger partial charge is 0.409 e. The van der Waals surface area contributed by atoms with Crippen molar-refractivity contribution in [1.29, 1.82) is 5.26 Å². The second kappa shape index (κ2) is 9.33. The monoisotopic (exact) mass is 433 g/mol. The van der Waals surface area contributed by atoms with E-state index >= 15 is 0 Å². The van der Waals surface area contributed by atoms with Gasteiger partial charge in [0.25, 0.3) is 0 Å². The molecule has 2 aromatic rings. The lowest BCUT2D eigenvalue weighted by Gasteiger charge is -2.34. The summed E-state index contributed by atoms with van der Waals surface area (Å²) >= 11 is 0. The molecule has 3 aliphatic rings. The Morgan fingerprint density at radius 3 is 2.59 bits per heavy atom. The maximum absolute atomic E-state index is 12.5. The number of amides is 1. The summed E-state index contributed by atoms with van der Waals surface area (Å²) in [6, 6.07) is 9.83. The zero-order chi connectivity index (χ0) is 21.9. The van der Waals surface area contributed by atoms with Gasteiger partial charge in [0.2, 0.25) is 0 Å². The van der Waals surface area contributed by atoms with E-state index in [9.17, 15) is 4.79 Å². The molecule has 1 aromatic carbocycles. The van der Waals surface area contributed by atoms with E-state index in [0.29, 0.717) is 31.2 Å². The molecule has 2 aliphatic carbocycles. The van der Waals surface area contributed by atoms with Gasteiger partial charge in [0.1, 0.15) is 0 Å². The number of fused-ring (bicyclic) bond motifs is 2. The topological polar surface area (TPSA) is 74.4 Å². The van der Waals surface area contributed by atoms with E-state index in [1.54, 1.807) is 0 Å². The maximum Gasteiger partial charge on any atom is 0.409 e. The fourth-order valence-corrected chi connectivity index (χ4v) is 5.67. The lowest BCUT2D eigenvalue weighted by atomic mass is 9.90. The molecule has 2 heterocycles. The summed E-state index contributed by atoms with van der Waals surface area (Å²) in [4.78, 5) is 21.1. The highest BCUT2D eigenvalue weighted by Crippen LogP contribution is 2.48. The molecule has 1 aliphatic heterocycles. The summed E-state index contributed by atoms with van der Waals surface area (Å²) in [6.45, 7) is 5.24. The van der Waals surface area contributed by atoms with E-state index in [-0.39, 0.29) is 6.09 Å². The van der Waals surface area contributed by atoms with Crippen molar-refractivity contribution in [3.8, 4) is 6.07 Å². The van der Waals surface area contributed by atoms with Gasteiger partial charge >= 0.3 is 6.09 Å². The van der Waals surface area contributed by atoms with Crippen molar-refractivity contribution >= 4 is 6.09 Å². The summed E-state index contributed by atoms with van der Waals surface area (Å²) in [5, 5.41) is 8.96. The van der Waals surface area contributed by atoms with E-state index in [1.807, 2.05) is 41.7 Å². The van der Waals surface area contributed by atoms with Crippen LogP contribution in [0.25, 0.3) is 0 Å². The van der Waals surface area contributed by atoms with Crippen LogP contribution < -0.4 is 0 Å². The molecule has 0 radical (unpaired) electrons. The molecule has 3 atom stereocenters. The summed E-state index contributed by atoms with van der Waals surface area (Å²) < 4.78 is 7.85. The zero-order valence-corrected chi connectivity index (χ0v) is 18.5. The van der Waals surface area contributed by atoms with Crippen molar-refractivity contribution in [2.24, 2.45) is 17.8 Å². The van der Waals surface area contributed by atoms with E-state index in [4.69, 9.17) is 10.00 Å². The Kier molecular flexibility index (Phi) is 6.13. The third-order valence-corrected chi connectivity index (χ3v) is 7.56. The lowest BCUT2D eigenvalue weighted by Crippen LogP contribution is -2.48. The van der Waals surface area contributed by atoms with Gasteiger partial charge < -0.3 is 14.2 Å². The summed E-state index contributed by atoms with van der Waals surface area (Å²) in [6.07, 6.45) is 8.94. The molecular formula is C25H31N5O2. The fraction of sp³-hybridized carbons (Fsp3) is 0.560. The third kappa shape index (κ3) is 4.66. The standard InChI is InChI=1S/C25H31N5O2/c26-13-19-1-3-20(4-2-19)15-30-18-27-14-24(30)16-28-7-9-29(10-8-28)25(31)32-17-23-12-21-5-6-22(23)11-21/h1-4,14,18,21-23H,5-12,15-17H2. The summed E-state index contributed by atoms with van der Waals surface area (Å²) in [7, 11) is 0. The molecule has 3 fully saturated rings. The quantitative estimate of drug-likeness (QED) is 0.697. The second-order valence-corrected chi connectivity index (χ2v) is 9.60. The number of carbonyl (C=O) groups excluding carboxylic acids is 1. The SMILES string of the molecule is N#Cc1ccc(Cn2cncc2CN2CCN(C(=O)OCC3CC4CCC3C4)CC2)cc1. The van der Waals surface area contributed by atoms with Crippen molar-refractivity contribution in [3.63, 3.8) is 0 Å². The maximum atomic E-state index is 12.5. The highest BCUT2D eigenvalue weighted by Gasteiger charge is 2.40. The predicted molar refractivity (Wildman–Crippen MR) is 120 cm³/mol. The van der Waals surface area contributed by atoms with Crippen LogP contribution in [0.15, 0.2) is 36.8 Å². The molecule has 168 valence electrons. The highest BCUT2D eigenvalue weighted by molar-refractivity contribution is 5.67. The molecule has 3 unspecified atom stereocenters. The van der Waals surface area contributed by atoms with Gasteiger partial charge in [-0.05, 0) is 54.7 Å². The Morgan fingerprint density at radius 2 is 1.91 bits per heavy atom. The van der Waals surface area contributed by atoms with Crippen molar-refractivity contribution in [1.82, 2.24) is 19.4 Å². The normalized spacial score (nSPS) is 25.1. The lowest BCUT2D eigenvalue weighted by molar-refractivity contribution is 0.0568. The molecule has 7 heteroatoms. The average Bonchev–Trinajstić information content (AvgIpc) is 3.57. The van der Waals surface area contributed by atoms with Crippen LogP contribution in [0.3, 0.4) is 0 Å². The Labute approximate surface area is 189 Å². The highest BCUT2D eigenvalue weighted by atomic mass is 16.6. The Morgan fingerprint density at radius 1 is 1.09 bits per heavy atom. The Hall–Kier alpha value is -2.85. The molecule has 1 saturated heterocycles. The van der Waals surface area contributed by atoms with Crippen LogP contribution in [-0.2, 0) is 17.8 Å². The van der Waals surface area contributed by atoms with Crippen LogP contribution in [0.2, 0.25) is 0 Å². The zero-order valence-electron chi connectivity index (χ0n) is 18.5. The summed E-state index contributed by atoms with van der Waals surface area (Å²) in [5.74, 6) is 2.27. The van der Waals surface area contributed by atoms with Gasteiger partial charge in [0, 0.05) is 45.5 Å². The van der Waals surface area contributed by atoms with Gasteiger partial charge in [-0.2, -0.15) is 5.26 Å². The van der Waals surface area contributed by atoms with Crippen molar-refractivity contribution < 1.29 is 9.53 Å². The molecule has 2 bridgehead atoms. The van der Waals surface area contributed by atoms with Crippen LogP contribution >= 0.6 is 0 Å². The molecule has 2 saturated carbocycles. The second-order valence-electron chi connectivity index (χ2n) is 9.60. The van der Waals surface area contributed by atoms with Crippen molar-refractivity contribution in [2.75, 3.05) is 32.8 Å². The number of aromatic nitrogens is 2. The van der Waals surface area contributed by atoms with Crippen molar-refractivity contribution in [2.45, 2.75) is 38.8 Å². The van der Waals surface area contributed by atoms with Gasteiger partial charge in [-0.3, -0.25) is 4.90 Å². The van der Waals surface area contributed by atoms with Crippen molar-refractivity contribution in [3.05, 3.63) is 53.6 Å². The number of nitriles is 1. The minimum atomic E-state index is -0.140. The minimum Gasteiger partial charge on any atom is -0.449 e. The molecule has 32 heavy (non-hydrogen) atoms. The molecule has 7 nitrogen and oxygen atoms in total. The molecular weight excluding hydrogens is 402 g/mol. The Bertz CT molecular complexity index is 971. The van der Waals surface area contributed by atoms with Gasteiger partial charge in [-0.1, -0.05) is 18.6 Å². The molecule has 1 aromatic heterocycles. The minimum absolute atomic E-state index is 0.140. The van der Waals surface area contributed by atoms with Gasteiger partial charge in [0.05, 0.1) is 30.3 Å². The van der Waals surface area contributed by atoms with E-state index in [1.165, 1.54) is 25.7 Å². The first-order valence-corrected chi connectivity index (χ1v) is 11.8. The number of carbonyl (C=O) groups is 1. The number of hydrogen-bond donors (Lipinski definition) is 0. The number of piperazine rings is 1.